The van der Waals surface area contributed by atoms with Gasteiger partial charge in [0.1, 0.15) is 12.2 Å². The molecular weight excluding hydrogens is 264 g/mol. The Labute approximate surface area is 127 Å². The van der Waals surface area contributed by atoms with E-state index in [1.807, 2.05) is 6.92 Å². The van der Waals surface area contributed by atoms with E-state index in [1.165, 1.54) is 19.3 Å². The summed E-state index contributed by atoms with van der Waals surface area (Å²) >= 11 is 0. The molecule has 1 N–H and O–H groups in total. The fraction of sp³-hybridized carbons (Fsp3) is 0.833. The van der Waals surface area contributed by atoms with E-state index in [1.54, 1.807) is 6.92 Å². The minimum absolute atomic E-state index is 0.0220. The number of rotatable bonds is 5. The van der Waals surface area contributed by atoms with Gasteiger partial charge in [0, 0.05) is 11.0 Å². The van der Waals surface area contributed by atoms with E-state index >= 15 is 0 Å². The van der Waals surface area contributed by atoms with Crippen molar-refractivity contribution in [3.05, 3.63) is 12.2 Å². The van der Waals surface area contributed by atoms with Crippen LogP contribution in [0, 0.1) is 23.2 Å². The van der Waals surface area contributed by atoms with E-state index in [2.05, 4.69) is 6.58 Å². The van der Waals surface area contributed by atoms with Crippen LogP contribution < -0.4 is 0 Å². The van der Waals surface area contributed by atoms with Gasteiger partial charge in [0.2, 0.25) is 0 Å². The highest BCUT2D eigenvalue weighted by atomic mass is 16.5. The average Bonchev–Trinajstić information content (AvgIpc) is 2.42. The minimum atomic E-state index is -0.867. The summed E-state index contributed by atoms with van der Waals surface area (Å²) < 4.78 is 5.36. The van der Waals surface area contributed by atoms with Gasteiger partial charge >= 0.3 is 5.97 Å². The molecule has 118 valence electrons. The number of hydrogen-bond donors (Lipinski definition) is 1. The average molecular weight is 292 g/mol. The van der Waals surface area contributed by atoms with Crippen molar-refractivity contribution in [2.45, 2.75) is 64.4 Å². The number of carbonyl (C=O) groups excluding carboxylic acids is 1. The number of hydrogen-bond acceptors (Lipinski definition) is 3. The molecule has 0 radical (unpaired) electrons. The van der Waals surface area contributed by atoms with Gasteiger partial charge in [-0.3, -0.25) is 0 Å². The Bertz CT molecular complexity index is 418. The van der Waals surface area contributed by atoms with E-state index in [0.29, 0.717) is 12.0 Å². The quantitative estimate of drug-likeness (QED) is 0.623. The van der Waals surface area contributed by atoms with Crippen LogP contribution in [-0.4, -0.2) is 23.3 Å². The zero-order valence-electron chi connectivity index (χ0n) is 13.4. The summed E-state index contributed by atoms with van der Waals surface area (Å²) in [6.45, 7) is 7.42. The highest BCUT2D eigenvalue weighted by Gasteiger charge is 2.59. The van der Waals surface area contributed by atoms with Crippen molar-refractivity contribution >= 4 is 5.97 Å². The highest BCUT2D eigenvalue weighted by molar-refractivity contribution is 5.86. The zero-order valence-corrected chi connectivity index (χ0v) is 13.4. The molecule has 3 nitrogen and oxygen atoms in total. The van der Waals surface area contributed by atoms with Crippen LogP contribution in [0.25, 0.3) is 0 Å². The molecule has 0 aliphatic heterocycles. The van der Waals surface area contributed by atoms with E-state index in [9.17, 15) is 9.90 Å². The molecule has 3 heteroatoms. The summed E-state index contributed by atoms with van der Waals surface area (Å²) in [5.74, 6) is 1.97. The molecule has 4 rings (SSSR count). The molecule has 0 aromatic heterocycles. The van der Waals surface area contributed by atoms with Crippen LogP contribution in [0.1, 0.15) is 58.8 Å². The maximum atomic E-state index is 11.7. The zero-order chi connectivity index (χ0) is 15.3. The van der Waals surface area contributed by atoms with Gasteiger partial charge in [-0.2, -0.15) is 0 Å². The van der Waals surface area contributed by atoms with Crippen molar-refractivity contribution in [2.24, 2.45) is 23.2 Å². The van der Waals surface area contributed by atoms with E-state index in [-0.39, 0.29) is 18.0 Å². The van der Waals surface area contributed by atoms with Gasteiger partial charge in [0.15, 0.2) is 0 Å². The van der Waals surface area contributed by atoms with Crippen LogP contribution in [0.15, 0.2) is 12.2 Å². The summed E-state index contributed by atoms with van der Waals surface area (Å²) in [5.41, 5.74) is -0.487. The molecule has 0 spiro atoms. The monoisotopic (exact) mass is 292 g/mol. The first kappa shape index (κ1) is 15.1. The van der Waals surface area contributed by atoms with Crippen molar-refractivity contribution < 1.29 is 14.6 Å². The van der Waals surface area contributed by atoms with Gasteiger partial charge in [0.05, 0.1) is 0 Å². The Morgan fingerprint density at radius 1 is 1.24 bits per heavy atom. The second kappa shape index (κ2) is 5.12. The largest absolute Gasteiger partial charge is 0.459 e. The smallest absolute Gasteiger partial charge is 0.333 e. The highest BCUT2D eigenvalue weighted by Crippen LogP contribution is 2.64. The second-order valence-corrected chi connectivity index (χ2v) is 7.94. The molecule has 21 heavy (non-hydrogen) atoms. The van der Waals surface area contributed by atoms with Crippen molar-refractivity contribution in [2.75, 3.05) is 6.61 Å². The molecule has 0 amide bonds. The van der Waals surface area contributed by atoms with E-state index in [4.69, 9.17) is 4.74 Å². The maximum Gasteiger partial charge on any atom is 0.333 e. The molecule has 4 bridgehead atoms. The molecule has 0 aromatic carbocycles. The molecule has 4 aliphatic rings. The third-order valence-corrected chi connectivity index (χ3v) is 6.40. The van der Waals surface area contributed by atoms with Gasteiger partial charge in [-0.15, -0.1) is 0 Å². The Kier molecular flexibility index (Phi) is 3.67. The third-order valence-electron chi connectivity index (χ3n) is 6.40. The molecule has 1 unspecified atom stereocenters. The van der Waals surface area contributed by atoms with Crippen molar-refractivity contribution in [3.8, 4) is 0 Å². The van der Waals surface area contributed by atoms with Gasteiger partial charge < -0.3 is 9.84 Å². The van der Waals surface area contributed by atoms with E-state index < -0.39 is 5.60 Å². The molecule has 0 saturated heterocycles. The lowest BCUT2D eigenvalue weighted by Gasteiger charge is -2.62. The van der Waals surface area contributed by atoms with Crippen molar-refractivity contribution in [1.82, 2.24) is 0 Å². The molecule has 4 fully saturated rings. The van der Waals surface area contributed by atoms with Crippen molar-refractivity contribution in [1.29, 1.82) is 0 Å². The number of aliphatic hydroxyl groups is 1. The summed E-state index contributed by atoms with van der Waals surface area (Å²) in [5, 5.41) is 11.3. The molecule has 4 saturated carbocycles. The Morgan fingerprint density at radius 2 is 1.71 bits per heavy atom. The number of ether oxygens (including phenoxy) is 1. The number of carbonyl (C=O) groups is 1. The van der Waals surface area contributed by atoms with Gasteiger partial charge in [-0.1, -0.05) is 13.5 Å². The van der Waals surface area contributed by atoms with Crippen LogP contribution in [0.2, 0.25) is 0 Å². The predicted octanol–water partition coefficient (Wildman–Crippen LogP) is 3.46. The van der Waals surface area contributed by atoms with Gasteiger partial charge in [-0.25, -0.2) is 4.79 Å². The topological polar surface area (TPSA) is 46.5 Å². The van der Waals surface area contributed by atoms with Crippen LogP contribution in [0.5, 0.6) is 0 Å². The van der Waals surface area contributed by atoms with Gasteiger partial charge in [0.25, 0.3) is 0 Å². The standard InChI is InChI=1S/C18H28O3/c1-4-18(20,11-21-16(19)12(2)3)17-8-13-5-14(9-17)7-15(6-13)10-17/h13-15,20H,2,4-11H2,1,3H3. The second-order valence-electron chi connectivity index (χ2n) is 7.94. The number of esters is 1. The molecule has 4 aliphatic carbocycles. The van der Waals surface area contributed by atoms with E-state index in [0.717, 1.165) is 37.0 Å². The summed E-state index contributed by atoms with van der Waals surface area (Å²) in [6, 6.07) is 0. The van der Waals surface area contributed by atoms with Crippen LogP contribution >= 0.6 is 0 Å². The lowest BCUT2D eigenvalue weighted by Crippen LogP contribution is -2.60. The van der Waals surface area contributed by atoms with Gasteiger partial charge in [-0.05, 0) is 69.6 Å². The lowest BCUT2D eigenvalue weighted by molar-refractivity contribution is -0.203. The first-order valence-corrected chi connectivity index (χ1v) is 8.42. The SMILES string of the molecule is C=C(C)C(=O)OCC(O)(CC)C12CC3CC(CC(C3)C1)C2. The predicted molar refractivity (Wildman–Crippen MR) is 81.6 cm³/mol. The summed E-state index contributed by atoms with van der Waals surface area (Å²) in [6.07, 6.45) is 8.07. The lowest BCUT2D eigenvalue weighted by atomic mass is 9.45. The molecule has 0 aromatic rings. The van der Waals surface area contributed by atoms with Crippen LogP contribution in [-0.2, 0) is 9.53 Å². The minimum Gasteiger partial charge on any atom is -0.459 e. The van der Waals surface area contributed by atoms with Crippen LogP contribution in [0.4, 0.5) is 0 Å². The fourth-order valence-corrected chi connectivity index (χ4v) is 5.62. The molecule has 1 atom stereocenters. The maximum absolute atomic E-state index is 11.7. The Balaban J connectivity index is 1.78. The Morgan fingerprint density at radius 3 is 2.10 bits per heavy atom. The summed E-state index contributed by atoms with van der Waals surface area (Å²) in [7, 11) is 0. The first-order chi connectivity index (χ1) is 9.87. The normalized spacial score (nSPS) is 39.9. The fourth-order valence-electron chi connectivity index (χ4n) is 5.62. The van der Waals surface area contributed by atoms with Crippen LogP contribution in [0.3, 0.4) is 0 Å². The molecular formula is C18H28O3. The molecule has 0 heterocycles. The van der Waals surface area contributed by atoms with Crippen molar-refractivity contribution in [3.63, 3.8) is 0 Å². The first-order valence-electron chi connectivity index (χ1n) is 8.42. The summed E-state index contributed by atoms with van der Waals surface area (Å²) in [4.78, 5) is 11.7. The Hall–Kier alpha value is -0.830. The third kappa shape index (κ3) is 2.44.